The van der Waals surface area contributed by atoms with E-state index in [2.05, 4.69) is 6.92 Å². The molecule has 2 N–H and O–H groups in total. The molecule has 1 aromatic carbocycles. The molecule has 0 spiro atoms. The minimum Gasteiger partial charge on any atom is -0.508 e. The third-order valence-electron chi connectivity index (χ3n) is 4.67. The first-order chi connectivity index (χ1) is 12.1. The number of rotatable bonds is 14. The maximum absolute atomic E-state index is 10.5. The molecular weight excluding hydrogens is 312 g/mol. The zero-order chi connectivity index (χ0) is 18.3. The topological polar surface area (TPSA) is 57.5 Å². The number of phenols is 1. The van der Waals surface area contributed by atoms with Crippen LogP contribution in [0, 0.1) is 5.92 Å². The number of carboxylic acid groups (broad SMARTS) is 1. The van der Waals surface area contributed by atoms with E-state index in [0.29, 0.717) is 11.7 Å². The molecule has 0 unspecified atom stereocenters. The molecule has 1 rings (SSSR count). The van der Waals surface area contributed by atoms with E-state index in [1.165, 1.54) is 56.6 Å². The fourth-order valence-corrected chi connectivity index (χ4v) is 3.23. The molecule has 0 aliphatic carbocycles. The average molecular weight is 347 g/mol. The molecule has 0 saturated heterocycles. The van der Waals surface area contributed by atoms with E-state index in [9.17, 15) is 9.90 Å². The van der Waals surface area contributed by atoms with Crippen molar-refractivity contribution in [2.45, 2.75) is 77.6 Å². The van der Waals surface area contributed by atoms with E-state index in [0.717, 1.165) is 25.7 Å². The van der Waals surface area contributed by atoms with Crippen LogP contribution in [0.3, 0.4) is 0 Å². The van der Waals surface area contributed by atoms with Crippen LogP contribution in [-0.4, -0.2) is 16.2 Å². The predicted molar refractivity (Wildman–Crippen MR) is 104 cm³/mol. The molecule has 1 atom stereocenters. The summed E-state index contributed by atoms with van der Waals surface area (Å²) in [6, 6.07) is 7.58. The highest BCUT2D eigenvalue weighted by atomic mass is 16.4. The number of phenolic OH excluding ortho intramolecular Hbond substituents is 1. The second-order valence-corrected chi connectivity index (χ2v) is 6.96. The van der Waals surface area contributed by atoms with E-state index in [1.54, 1.807) is 18.2 Å². The maximum Gasteiger partial charge on any atom is 0.327 e. The molecule has 0 radical (unpaired) electrons. The number of aliphatic carboxylic acids is 1. The van der Waals surface area contributed by atoms with Crippen molar-refractivity contribution >= 4 is 5.97 Å². The lowest BCUT2D eigenvalue weighted by molar-refractivity contribution is -0.131. The minimum absolute atomic E-state index is 0.324. The standard InChI is InChI=1S/C22H34O3/c1-2-3-4-5-8-11-19(12-9-6-7-10-13-22(24)25)18-20-14-16-21(23)17-15-20/h10,13-17,19,23H,2-9,11-12,18H2,1H3,(H,24,25)/t19-/m1/s1. The van der Waals surface area contributed by atoms with Crippen LogP contribution in [0.15, 0.2) is 36.4 Å². The molecule has 0 fully saturated rings. The monoisotopic (exact) mass is 346 g/mol. The highest BCUT2D eigenvalue weighted by Gasteiger charge is 2.10. The Morgan fingerprint density at radius 1 is 1.00 bits per heavy atom. The Hall–Kier alpha value is -1.77. The first-order valence-corrected chi connectivity index (χ1v) is 9.79. The van der Waals surface area contributed by atoms with Crippen molar-refractivity contribution in [2.75, 3.05) is 0 Å². The number of hydrogen-bond donors (Lipinski definition) is 2. The fraction of sp³-hybridized carbons (Fsp3) is 0.591. The average Bonchev–Trinajstić information content (AvgIpc) is 2.59. The van der Waals surface area contributed by atoms with Crippen molar-refractivity contribution in [2.24, 2.45) is 5.92 Å². The Balaban J connectivity index is 2.38. The molecule has 0 heterocycles. The molecule has 25 heavy (non-hydrogen) atoms. The summed E-state index contributed by atoms with van der Waals surface area (Å²) in [5, 5.41) is 18.0. The summed E-state index contributed by atoms with van der Waals surface area (Å²) in [5.74, 6) is 0.136. The van der Waals surface area contributed by atoms with Gasteiger partial charge in [-0.25, -0.2) is 4.79 Å². The Kier molecular flexibility index (Phi) is 11.5. The largest absolute Gasteiger partial charge is 0.508 e. The van der Waals surface area contributed by atoms with Crippen LogP contribution < -0.4 is 0 Å². The Morgan fingerprint density at radius 3 is 2.28 bits per heavy atom. The van der Waals surface area contributed by atoms with Crippen molar-refractivity contribution in [3.63, 3.8) is 0 Å². The number of carboxylic acids is 1. The number of carbonyl (C=O) groups is 1. The van der Waals surface area contributed by atoms with Gasteiger partial charge in [-0.15, -0.1) is 0 Å². The van der Waals surface area contributed by atoms with Gasteiger partial charge >= 0.3 is 5.97 Å². The summed E-state index contributed by atoms with van der Waals surface area (Å²) in [5.41, 5.74) is 1.29. The zero-order valence-electron chi connectivity index (χ0n) is 15.6. The van der Waals surface area contributed by atoms with E-state index in [-0.39, 0.29) is 0 Å². The summed E-state index contributed by atoms with van der Waals surface area (Å²) in [7, 11) is 0. The van der Waals surface area contributed by atoms with Gasteiger partial charge in [-0.3, -0.25) is 0 Å². The van der Waals surface area contributed by atoms with Crippen LogP contribution in [0.2, 0.25) is 0 Å². The minimum atomic E-state index is -0.864. The molecule has 3 heteroatoms. The van der Waals surface area contributed by atoms with Gasteiger partial charge in [-0.2, -0.15) is 0 Å². The smallest absolute Gasteiger partial charge is 0.327 e. The molecule has 0 aromatic heterocycles. The lowest BCUT2D eigenvalue weighted by Gasteiger charge is -2.17. The third-order valence-corrected chi connectivity index (χ3v) is 4.67. The van der Waals surface area contributed by atoms with E-state index < -0.39 is 5.97 Å². The number of unbranched alkanes of at least 4 members (excludes halogenated alkanes) is 6. The first-order valence-electron chi connectivity index (χ1n) is 9.79. The van der Waals surface area contributed by atoms with Gasteiger partial charge in [0.2, 0.25) is 0 Å². The zero-order valence-corrected chi connectivity index (χ0v) is 15.6. The normalized spacial score (nSPS) is 12.5. The SMILES string of the molecule is CCCCCCC[C@H](CCCCC=CC(=O)O)Cc1ccc(O)cc1. The highest BCUT2D eigenvalue weighted by Crippen LogP contribution is 2.23. The van der Waals surface area contributed by atoms with Crippen LogP contribution in [0.1, 0.15) is 76.7 Å². The van der Waals surface area contributed by atoms with E-state index in [1.807, 2.05) is 12.1 Å². The van der Waals surface area contributed by atoms with Crippen molar-refractivity contribution in [1.29, 1.82) is 0 Å². The van der Waals surface area contributed by atoms with Crippen molar-refractivity contribution in [1.82, 2.24) is 0 Å². The van der Waals surface area contributed by atoms with Crippen molar-refractivity contribution < 1.29 is 15.0 Å². The Morgan fingerprint density at radius 2 is 1.64 bits per heavy atom. The lowest BCUT2D eigenvalue weighted by Crippen LogP contribution is -2.05. The van der Waals surface area contributed by atoms with Gasteiger partial charge in [0.25, 0.3) is 0 Å². The second kappa shape index (κ2) is 13.5. The van der Waals surface area contributed by atoms with Gasteiger partial charge in [-0.05, 0) is 42.9 Å². The van der Waals surface area contributed by atoms with Gasteiger partial charge in [0, 0.05) is 6.08 Å². The molecule has 3 nitrogen and oxygen atoms in total. The number of aromatic hydroxyl groups is 1. The predicted octanol–water partition coefficient (Wildman–Crippen LogP) is 6.11. The van der Waals surface area contributed by atoms with Crippen LogP contribution in [0.25, 0.3) is 0 Å². The molecule has 0 saturated carbocycles. The molecule has 0 amide bonds. The summed E-state index contributed by atoms with van der Waals surface area (Å²) in [6.45, 7) is 2.24. The summed E-state index contributed by atoms with van der Waals surface area (Å²) < 4.78 is 0. The van der Waals surface area contributed by atoms with Gasteiger partial charge in [0.05, 0.1) is 0 Å². The highest BCUT2D eigenvalue weighted by molar-refractivity contribution is 5.79. The van der Waals surface area contributed by atoms with Crippen LogP contribution >= 0.6 is 0 Å². The van der Waals surface area contributed by atoms with Crippen LogP contribution in [-0.2, 0) is 11.2 Å². The van der Waals surface area contributed by atoms with Crippen LogP contribution in [0.4, 0.5) is 0 Å². The maximum atomic E-state index is 10.5. The molecule has 140 valence electrons. The quantitative estimate of drug-likeness (QED) is 0.315. The van der Waals surface area contributed by atoms with E-state index in [4.69, 9.17) is 5.11 Å². The van der Waals surface area contributed by atoms with Gasteiger partial charge in [0.15, 0.2) is 0 Å². The number of hydrogen-bond acceptors (Lipinski definition) is 2. The summed E-state index contributed by atoms with van der Waals surface area (Å²) in [4.78, 5) is 10.5. The van der Waals surface area contributed by atoms with E-state index >= 15 is 0 Å². The molecule has 0 aliphatic heterocycles. The second-order valence-electron chi connectivity index (χ2n) is 6.96. The number of allylic oxidation sites excluding steroid dienone is 1. The molecule has 0 aliphatic rings. The van der Waals surface area contributed by atoms with Crippen LogP contribution in [0.5, 0.6) is 5.75 Å². The van der Waals surface area contributed by atoms with Crippen molar-refractivity contribution in [3.8, 4) is 5.75 Å². The summed E-state index contributed by atoms with van der Waals surface area (Å²) >= 11 is 0. The third kappa shape index (κ3) is 11.4. The Bertz CT molecular complexity index is 490. The fourth-order valence-electron chi connectivity index (χ4n) is 3.23. The van der Waals surface area contributed by atoms with Crippen molar-refractivity contribution in [3.05, 3.63) is 42.0 Å². The molecule has 1 aromatic rings. The number of benzene rings is 1. The van der Waals surface area contributed by atoms with Gasteiger partial charge in [0.1, 0.15) is 5.75 Å². The summed E-state index contributed by atoms with van der Waals surface area (Å²) in [6.07, 6.45) is 16.1. The molecule has 0 bridgehead atoms. The van der Waals surface area contributed by atoms with Gasteiger partial charge < -0.3 is 10.2 Å². The molecular formula is C22H34O3. The lowest BCUT2D eigenvalue weighted by atomic mass is 9.89. The first kappa shape index (κ1) is 21.3. The Labute approximate surface area is 152 Å². The van der Waals surface area contributed by atoms with Gasteiger partial charge in [-0.1, -0.05) is 76.5 Å².